The highest BCUT2D eigenvalue weighted by Crippen LogP contribution is 2.35. The van der Waals surface area contributed by atoms with E-state index in [-0.39, 0.29) is 0 Å². The van der Waals surface area contributed by atoms with Gasteiger partial charge in [-0.2, -0.15) is 0 Å². The molecule has 3 heteroatoms. The van der Waals surface area contributed by atoms with Crippen LogP contribution in [0.25, 0.3) is 0 Å². The molecule has 0 unspecified atom stereocenters. The van der Waals surface area contributed by atoms with Crippen molar-refractivity contribution in [3.8, 4) is 0 Å². The van der Waals surface area contributed by atoms with Crippen molar-refractivity contribution in [2.24, 2.45) is 5.16 Å². The monoisotopic (exact) mass is 294 g/mol. The Kier molecular flexibility index (Phi) is 3.49. The predicted octanol–water partition coefficient (Wildman–Crippen LogP) is 3.93. The average molecular weight is 294 g/mol. The van der Waals surface area contributed by atoms with Crippen LogP contribution < -0.4 is 0 Å². The van der Waals surface area contributed by atoms with Crippen molar-refractivity contribution < 1.29 is 5.21 Å². The fourth-order valence-electron chi connectivity index (χ4n) is 4.13. The van der Waals surface area contributed by atoms with E-state index in [1.54, 1.807) is 0 Å². The number of rotatable bonds is 2. The van der Waals surface area contributed by atoms with Crippen LogP contribution in [-0.2, 0) is 25.8 Å². The van der Waals surface area contributed by atoms with Gasteiger partial charge in [0.2, 0.25) is 0 Å². The van der Waals surface area contributed by atoms with Gasteiger partial charge in [-0.15, -0.1) is 0 Å². The van der Waals surface area contributed by atoms with Crippen LogP contribution in [0.1, 0.15) is 53.8 Å². The van der Waals surface area contributed by atoms with Crippen LogP contribution in [0.15, 0.2) is 35.5 Å². The van der Waals surface area contributed by atoms with Crippen molar-refractivity contribution in [3.63, 3.8) is 0 Å². The fraction of sp³-hybridized carbons (Fsp3) is 0.421. The van der Waals surface area contributed by atoms with Gasteiger partial charge >= 0.3 is 0 Å². The van der Waals surface area contributed by atoms with E-state index in [0.29, 0.717) is 0 Å². The zero-order valence-electron chi connectivity index (χ0n) is 12.9. The summed E-state index contributed by atoms with van der Waals surface area (Å²) in [7, 11) is 0. The number of oxime groups is 1. The number of aromatic nitrogens is 1. The number of fused-ring (bicyclic) bond motifs is 3. The van der Waals surface area contributed by atoms with E-state index >= 15 is 0 Å². The lowest BCUT2D eigenvalue weighted by molar-refractivity contribution is 0.317. The van der Waals surface area contributed by atoms with E-state index in [1.807, 2.05) is 0 Å². The largest absolute Gasteiger partial charge is 0.411 e. The maximum absolute atomic E-state index is 9.42. The Morgan fingerprint density at radius 2 is 1.68 bits per heavy atom. The molecule has 114 valence electrons. The molecule has 0 fully saturated rings. The van der Waals surface area contributed by atoms with Gasteiger partial charge in [-0.1, -0.05) is 35.5 Å². The molecule has 22 heavy (non-hydrogen) atoms. The molecule has 1 aromatic heterocycles. The molecule has 0 spiro atoms. The minimum absolute atomic E-state index is 0.908. The Labute approximate surface area is 131 Å². The molecule has 0 saturated heterocycles. The van der Waals surface area contributed by atoms with Gasteiger partial charge in [-0.05, 0) is 56.1 Å². The van der Waals surface area contributed by atoms with E-state index < -0.39 is 0 Å². The molecule has 2 aliphatic carbocycles. The second-order valence-electron chi connectivity index (χ2n) is 6.43. The second-order valence-corrected chi connectivity index (χ2v) is 6.43. The summed E-state index contributed by atoms with van der Waals surface area (Å²) in [5.41, 5.74) is 7.88. The quantitative estimate of drug-likeness (QED) is 0.661. The molecule has 1 N–H and O–H groups in total. The highest BCUT2D eigenvalue weighted by molar-refractivity contribution is 6.03. The second kappa shape index (κ2) is 5.64. The maximum Gasteiger partial charge on any atom is 0.0888 e. The topological polar surface area (TPSA) is 37.5 Å². The standard InChI is InChI=1S/C19H22N2O/c22-20-16-10-6-12-18-19(16)15-9-4-5-11-17(15)21(18)13-14-7-2-1-3-8-14/h1-3,7-8,22H,4-6,9-13H2/b20-16-. The van der Waals surface area contributed by atoms with Crippen molar-refractivity contribution in [2.75, 3.05) is 0 Å². The molecule has 0 amide bonds. The van der Waals surface area contributed by atoms with Gasteiger partial charge < -0.3 is 9.77 Å². The molecule has 3 nitrogen and oxygen atoms in total. The summed E-state index contributed by atoms with van der Waals surface area (Å²) in [6, 6.07) is 10.7. The van der Waals surface area contributed by atoms with Crippen molar-refractivity contribution in [2.45, 2.75) is 51.5 Å². The zero-order valence-corrected chi connectivity index (χ0v) is 12.9. The first-order chi connectivity index (χ1) is 10.9. The van der Waals surface area contributed by atoms with Crippen LogP contribution >= 0.6 is 0 Å². The SMILES string of the molecule is O/N=C1/CCCc2c1c1c(n2Cc2ccccc2)CCCC1. The summed E-state index contributed by atoms with van der Waals surface area (Å²) in [6.07, 6.45) is 7.93. The minimum atomic E-state index is 0.908. The van der Waals surface area contributed by atoms with Gasteiger partial charge in [-0.25, -0.2) is 0 Å². The molecule has 4 rings (SSSR count). The van der Waals surface area contributed by atoms with E-state index in [4.69, 9.17) is 0 Å². The molecule has 0 bridgehead atoms. The molecule has 1 aromatic carbocycles. The number of hydrogen-bond acceptors (Lipinski definition) is 2. The van der Waals surface area contributed by atoms with Crippen LogP contribution in [0.4, 0.5) is 0 Å². The van der Waals surface area contributed by atoms with Crippen molar-refractivity contribution >= 4 is 5.71 Å². The Bertz CT molecular complexity index is 713. The summed E-state index contributed by atoms with van der Waals surface area (Å²) in [5.74, 6) is 0. The first-order valence-electron chi connectivity index (χ1n) is 8.37. The molecule has 1 heterocycles. The number of benzene rings is 1. The van der Waals surface area contributed by atoms with Gasteiger partial charge in [0.25, 0.3) is 0 Å². The predicted molar refractivity (Wildman–Crippen MR) is 87.9 cm³/mol. The van der Waals surface area contributed by atoms with Gasteiger partial charge in [0.15, 0.2) is 0 Å². The molecule has 2 aliphatic rings. The van der Waals surface area contributed by atoms with Crippen LogP contribution in [0.3, 0.4) is 0 Å². The molecule has 0 radical (unpaired) electrons. The summed E-state index contributed by atoms with van der Waals surface area (Å²) >= 11 is 0. The summed E-state index contributed by atoms with van der Waals surface area (Å²) in [6.45, 7) is 0.942. The van der Waals surface area contributed by atoms with E-state index in [0.717, 1.165) is 44.4 Å². The zero-order chi connectivity index (χ0) is 14.9. The Morgan fingerprint density at radius 1 is 0.909 bits per heavy atom. The van der Waals surface area contributed by atoms with Crippen molar-refractivity contribution in [1.82, 2.24) is 4.57 Å². The van der Waals surface area contributed by atoms with Gasteiger partial charge in [0.1, 0.15) is 0 Å². The smallest absolute Gasteiger partial charge is 0.0888 e. The summed E-state index contributed by atoms with van der Waals surface area (Å²) < 4.78 is 2.52. The van der Waals surface area contributed by atoms with Crippen molar-refractivity contribution in [1.29, 1.82) is 0 Å². The third-order valence-electron chi connectivity index (χ3n) is 5.10. The lowest BCUT2D eigenvalue weighted by Crippen LogP contribution is -2.15. The first kappa shape index (κ1) is 13.6. The molecule has 0 atom stereocenters. The summed E-state index contributed by atoms with van der Waals surface area (Å²) in [4.78, 5) is 0. The molecule has 0 aliphatic heterocycles. The van der Waals surface area contributed by atoms with Crippen LogP contribution in [0, 0.1) is 0 Å². The van der Waals surface area contributed by atoms with Crippen molar-refractivity contribution in [3.05, 3.63) is 58.4 Å². The first-order valence-corrected chi connectivity index (χ1v) is 8.37. The molecule has 2 aromatic rings. The van der Waals surface area contributed by atoms with E-state index in [1.165, 1.54) is 40.9 Å². The van der Waals surface area contributed by atoms with Gasteiger partial charge in [0, 0.05) is 23.5 Å². The van der Waals surface area contributed by atoms with E-state index in [2.05, 4.69) is 40.1 Å². The molecular weight excluding hydrogens is 272 g/mol. The Morgan fingerprint density at radius 3 is 2.50 bits per heavy atom. The minimum Gasteiger partial charge on any atom is -0.411 e. The highest BCUT2D eigenvalue weighted by atomic mass is 16.4. The van der Waals surface area contributed by atoms with Crippen LogP contribution in [0.5, 0.6) is 0 Å². The average Bonchev–Trinajstić information content (AvgIpc) is 2.90. The van der Waals surface area contributed by atoms with Crippen LogP contribution in [-0.4, -0.2) is 15.5 Å². The summed E-state index contributed by atoms with van der Waals surface area (Å²) in [5, 5.41) is 13.0. The lowest BCUT2D eigenvalue weighted by atomic mass is 9.88. The van der Waals surface area contributed by atoms with Gasteiger partial charge in [-0.3, -0.25) is 0 Å². The van der Waals surface area contributed by atoms with Crippen LogP contribution in [0.2, 0.25) is 0 Å². The third-order valence-corrected chi connectivity index (χ3v) is 5.10. The maximum atomic E-state index is 9.42. The fourth-order valence-corrected chi connectivity index (χ4v) is 4.13. The normalized spacial score (nSPS) is 19.0. The number of hydrogen-bond donors (Lipinski definition) is 1. The molecular formula is C19H22N2O. The Hall–Kier alpha value is -2.03. The third kappa shape index (κ3) is 2.16. The number of nitrogens with zero attached hydrogens (tertiary/aromatic N) is 2. The lowest BCUT2D eigenvalue weighted by Gasteiger charge is -2.18. The highest BCUT2D eigenvalue weighted by Gasteiger charge is 2.29. The molecule has 0 saturated carbocycles. The Balaban J connectivity index is 1.86. The van der Waals surface area contributed by atoms with E-state index in [9.17, 15) is 5.21 Å². The van der Waals surface area contributed by atoms with Gasteiger partial charge in [0.05, 0.1) is 5.71 Å².